The smallest absolute Gasteiger partial charge is 0.302 e. The van der Waals surface area contributed by atoms with E-state index in [2.05, 4.69) is 81.8 Å². The van der Waals surface area contributed by atoms with E-state index in [4.69, 9.17) is 9.47 Å². The molecule has 342 valence electrons. The van der Waals surface area contributed by atoms with E-state index in [-0.39, 0.29) is 47.9 Å². The van der Waals surface area contributed by atoms with Crippen LogP contribution in [0.15, 0.2) is 109 Å². The molecule has 5 aromatic rings. The van der Waals surface area contributed by atoms with Crippen molar-refractivity contribution >= 4 is 34.0 Å². The van der Waals surface area contributed by atoms with Crippen LogP contribution in [0.2, 0.25) is 0 Å². The van der Waals surface area contributed by atoms with Gasteiger partial charge in [-0.2, -0.15) is 0 Å². The Morgan fingerprint density at radius 2 is 1.66 bits per heavy atom. The average Bonchev–Trinajstić information content (AvgIpc) is 3.95. The number of carbonyl (C=O) groups excluding carboxylic acids is 3. The molecular formula is C54H64N4O7. The maximum Gasteiger partial charge on any atom is 0.302 e. The first-order chi connectivity index (χ1) is 31.6. The number of Topliss-reactive ketones (excluding diaryl/α,β-unsaturated/α-hetero) is 2. The third-order valence-electron chi connectivity index (χ3n) is 14.0. The molecule has 8 rings (SSSR count). The molecule has 11 heteroatoms. The van der Waals surface area contributed by atoms with Gasteiger partial charge in [0.1, 0.15) is 29.2 Å². The van der Waals surface area contributed by atoms with E-state index in [0.29, 0.717) is 43.9 Å². The van der Waals surface area contributed by atoms with Crippen molar-refractivity contribution < 1.29 is 34.1 Å². The molecule has 0 spiro atoms. The molecular weight excluding hydrogens is 817 g/mol. The SMILES string of the molecule is CCC1CCC(OC(C)=O)CC(=O)CC(c2ccc(O)c(OC)c2)n2cc3cccc(c3c2)N(CCC(=O)C2CCCCC2)C2=CC(=CCN2)C(c2cccc(O)c2)Cc2c[nH]cc2C1. The first-order valence-electron chi connectivity index (χ1n) is 23.6. The van der Waals surface area contributed by atoms with Crippen LogP contribution in [0.3, 0.4) is 0 Å². The quantitative estimate of drug-likeness (QED) is 0.106. The molecule has 4 bridgehead atoms. The first-order valence-corrected chi connectivity index (χ1v) is 23.6. The number of hydrogen-bond donors (Lipinski definition) is 4. The summed E-state index contributed by atoms with van der Waals surface area (Å²) in [5.41, 5.74) is 6.26. The number of ether oxygens (including phenoxy) is 2. The minimum Gasteiger partial charge on any atom is -0.508 e. The van der Waals surface area contributed by atoms with Gasteiger partial charge in [-0.25, -0.2) is 0 Å². The number of anilines is 1. The molecule has 4 N–H and O–H groups in total. The van der Waals surface area contributed by atoms with E-state index < -0.39 is 18.1 Å². The fourth-order valence-corrected chi connectivity index (χ4v) is 10.4. The largest absolute Gasteiger partial charge is 0.508 e. The highest BCUT2D eigenvalue weighted by molar-refractivity contribution is 5.95. The highest BCUT2D eigenvalue weighted by atomic mass is 16.5. The predicted octanol–water partition coefficient (Wildman–Crippen LogP) is 10.4. The summed E-state index contributed by atoms with van der Waals surface area (Å²) in [6, 6.07) is 18.5. The zero-order valence-corrected chi connectivity index (χ0v) is 38.1. The number of phenolic OH excluding ortho intramolecular Hbond substituents is 2. The molecule has 0 radical (unpaired) electrons. The first kappa shape index (κ1) is 45.3. The number of phenols is 2. The van der Waals surface area contributed by atoms with E-state index in [1.54, 1.807) is 18.2 Å². The van der Waals surface area contributed by atoms with Crippen LogP contribution in [0.4, 0.5) is 5.69 Å². The number of aromatic hydroxyl groups is 2. The number of methoxy groups -OCH3 is 1. The van der Waals surface area contributed by atoms with Crippen LogP contribution in [0, 0.1) is 11.8 Å². The second-order valence-corrected chi connectivity index (χ2v) is 18.3. The molecule has 1 aliphatic carbocycles. The van der Waals surface area contributed by atoms with Crippen molar-refractivity contribution in [2.24, 2.45) is 11.8 Å². The van der Waals surface area contributed by atoms with Crippen molar-refractivity contribution in [3.8, 4) is 17.2 Å². The summed E-state index contributed by atoms with van der Waals surface area (Å²) in [5.74, 6) is 1.53. The second kappa shape index (κ2) is 20.7. The molecule has 1 fully saturated rings. The number of benzene rings is 3. The Kier molecular flexibility index (Phi) is 14.5. The summed E-state index contributed by atoms with van der Waals surface area (Å²) in [4.78, 5) is 46.4. The number of esters is 1. The van der Waals surface area contributed by atoms with Gasteiger partial charge in [0, 0.05) is 86.7 Å². The molecule has 0 amide bonds. The molecule has 1 saturated carbocycles. The minimum atomic E-state index is -0.578. The highest BCUT2D eigenvalue weighted by Gasteiger charge is 2.29. The molecule has 4 heterocycles. The molecule has 4 atom stereocenters. The molecule has 3 aromatic carbocycles. The zero-order valence-electron chi connectivity index (χ0n) is 38.1. The van der Waals surface area contributed by atoms with Gasteiger partial charge in [0.25, 0.3) is 0 Å². The Morgan fingerprint density at radius 1 is 0.862 bits per heavy atom. The number of allylic oxidation sites excluding steroid dienone is 2. The number of H-pyrrole nitrogens is 1. The average molecular weight is 881 g/mol. The van der Waals surface area contributed by atoms with Gasteiger partial charge in [0.15, 0.2) is 11.5 Å². The fraction of sp³-hybridized carbons (Fsp3) is 0.426. The van der Waals surface area contributed by atoms with Crippen molar-refractivity contribution in [1.82, 2.24) is 14.9 Å². The summed E-state index contributed by atoms with van der Waals surface area (Å²) in [5, 5.41) is 27.0. The van der Waals surface area contributed by atoms with Crippen LogP contribution in [0.25, 0.3) is 10.8 Å². The van der Waals surface area contributed by atoms with E-state index in [9.17, 15) is 24.6 Å². The lowest BCUT2D eigenvalue weighted by Crippen LogP contribution is -2.36. The van der Waals surface area contributed by atoms with Gasteiger partial charge in [0.05, 0.1) is 18.8 Å². The Balaban J connectivity index is 1.27. The van der Waals surface area contributed by atoms with Crippen LogP contribution in [-0.4, -0.2) is 63.6 Å². The Labute approximate surface area is 382 Å². The summed E-state index contributed by atoms with van der Waals surface area (Å²) < 4.78 is 13.5. The van der Waals surface area contributed by atoms with Crippen LogP contribution in [-0.2, 0) is 32.0 Å². The summed E-state index contributed by atoms with van der Waals surface area (Å²) in [7, 11) is 1.51. The number of rotatable bonds is 9. The van der Waals surface area contributed by atoms with Gasteiger partial charge in [-0.15, -0.1) is 0 Å². The number of carbonyl (C=O) groups is 3. The lowest BCUT2D eigenvalue weighted by Gasteiger charge is -2.33. The second-order valence-electron chi connectivity index (χ2n) is 18.3. The number of nitrogens with one attached hydrogen (secondary N) is 2. The van der Waals surface area contributed by atoms with Crippen molar-refractivity contribution in [2.45, 2.75) is 115 Å². The van der Waals surface area contributed by atoms with E-state index in [0.717, 1.165) is 83.9 Å². The van der Waals surface area contributed by atoms with Gasteiger partial charge in [-0.05, 0) is 109 Å². The van der Waals surface area contributed by atoms with Gasteiger partial charge in [-0.1, -0.05) is 69.0 Å². The molecule has 2 aliphatic heterocycles. The molecule has 0 saturated heterocycles. The molecule has 3 aliphatic rings. The third kappa shape index (κ3) is 10.8. The topological polar surface area (TPSA) is 146 Å². The normalized spacial score (nSPS) is 21.4. The van der Waals surface area contributed by atoms with Gasteiger partial charge in [0.2, 0.25) is 0 Å². The number of dihydropyridines is 1. The number of nitrogens with zero attached hydrogens (tertiary/aromatic N) is 2. The lowest BCUT2D eigenvalue weighted by atomic mass is 9.82. The molecule has 65 heavy (non-hydrogen) atoms. The highest BCUT2D eigenvalue weighted by Crippen LogP contribution is 2.39. The zero-order chi connectivity index (χ0) is 45.5. The number of hydrogen-bond acceptors (Lipinski definition) is 9. The van der Waals surface area contributed by atoms with Crippen molar-refractivity contribution in [2.75, 3.05) is 25.1 Å². The fourth-order valence-electron chi connectivity index (χ4n) is 10.4. The van der Waals surface area contributed by atoms with E-state index in [1.807, 2.05) is 24.3 Å². The van der Waals surface area contributed by atoms with Gasteiger partial charge >= 0.3 is 5.97 Å². The third-order valence-corrected chi connectivity index (χ3v) is 14.0. The van der Waals surface area contributed by atoms with E-state index in [1.165, 1.54) is 31.6 Å². The van der Waals surface area contributed by atoms with Crippen LogP contribution < -0.4 is 15.0 Å². The number of aromatic nitrogens is 2. The van der Waals surface area contributed by atoms with Crippen molar-refractivity contribution in [3.05, 3.63) is 131 Å². The standard InChI is InChI=1S/C54H64N4O7/c1-4-36-16-18-46(65-35(2)59)29-45(61)30-50(40-17-19-52(63)53(27-40)64-3)57-33-41-13-9-15-49(48(41)34-57)58(23-21-51(62)37-10-6-5-7-11-37)54-28-39(20-22-56-54)47(38-12-8-14-44(60)25-38)26-43-32-55-31-42(43)24-36/h8-9,12-15,17,19-20,25,27-28,31-34,36-37,46-47,50,55-56,60,63H,4-7,10-11,16,18,21-24,26,29-30H2,1-3H3. The Morgan fingerprint density at radius 3 is 2.43 bits per heavy atom. The monoisotopic (exact) mass is 880 g/mol. The molecule has 4 unspecified atom stereocenters. The minimum absolute atomic E-state index is 0.00351. The number of fused-ring (bicyclic) bond motifs is 3. The maximum absolute atomic E-state index is 14.4. The van der Waals surface area contributed by atoms with E-state index >= 15 is 0 Å². The predicted molar refractivity (Wildman–Crippen MR) is 254 cm³/mol. The maximum atomic E-state index is 14.4. The number of ketones is 2. The lowest BCUT2D eigenvalue weighted by molar-refractivity contribution is -0.148. The summed E-state index contributed by atoms with van der Waals surface area (Å²) in [6.07, 6.45) is 21.8. The number of aromatic amines is 1. The molecule has 2 aromatic heterocycles. The molecule has 11 nitrogen and oxygen atoms in total. The van der Waals surface area contributed by atoms with Crippen molar-refractivity contribution in [1.29, 1.82) is 0 Å². The Bertz CT molecular complexity index is 2540. The Hall–Kier alpha value is -6.23. The van der Waals surface area contributed by atoms with Crippen LogP contribution in [0.5, 0.6) is 17.2 Å². The van der Waals surface area contributed by atoms with Crippen LogP contribution in [0.1, 0.15) is 119 Å². The summed E-state index contributed by atoms with van der Waals surface area (Å²) >= 11 is 0. The van der Waals surface area contributed by atoms with Crippen LogP contribution >= 0.6 is 0 Å². The van der Waals surface area contributed by atoms with Crippen molar-refractivity contribution in [3.63, 3.8) is 0 Å². The summed E-state index contributed by atoms with van der Waals surface area (Å²) in [6.45, 7) is 4.63. The van der Waals surface area contributed by atoms with Gasteiger partial charge < -0.3 is 39.5 Å². The van der Waals surface area contributed by atoms with Gasteiger partial charge in [-0.3, -0.25) is 14.4 Å².